The predicted octanol–water partition coefficient (Wildman–Crippen LogP) is 5.08. The van der Waals surface area contributed by atoms with Gasteiger partial charge < -0.3 is 14.4 Å². The van der Waals surface area contributed by atoms with Crippen LogP contribution in [0.2, 0.25) is 0 Å². The summed E-state index contributed by atoms with van der Waals surface area (Å²) < 4.78 is 11.3. The lowest BCUT2D eigenvalue weighted by molar-refractivity contribution is -0.155. The molecule has 2 aliphatic carbocycles. The molecular weight excluding hydrogens is 362 g/mol. The molecule has 2 bridgehead atoms. The number of nitrogens with zero attached hydrogens (tertiary/aromatic N) is 1. The van der Waals surface area contributed by atoms with Gasteiger partial charge in [0, 0.05) is 11.5 Å². The highest BCUT2D eigenvalue weighted by atomic mass is 16.7. The summed E-state index contributed by atoms with van der Waals surface area (Å²) >= 11 is 0. The maximum atomic E-state index is 12.1. The molecule has 1 saturated carbocycles. The van der Waals surface area contributed by atoms with E-state index in [1.54, 1.807) is 0 Å². The maximum absolute atomic E-state index is 12.1. The van der Waals surface area contributed by atoms with Crippen molar-refractivity contribution < 1.29 is 14.3 Å². The summed E-state index contributed by atoms with van der Waals surface area (Å²) in [6.07, 6.45) is 9.26. The normalized spacial score (nSPS) is 31.1. The lowest BCUT2D eigenvalue weighted by atomic mass is 9.45. The van der Waals surface area contributed by atoms with Crippen molar-refractivity contribution >= 4 is 5.97 Å². The molecule has 0 radical (unpaired) electrons. The zero-order valence-electron chi connectivity index (χ0n) is 18.6. The van der Waals surface area contributed by atoms with E-state index in [0.717, 1.165) is 25.0 Å². The van der Waals surface area contributed by atoms with E-state index in [0.29, 0.717) is 11.5 Å². The summed E-state index contributed by atoms with van der Waals surface area (Å²) in [5.41, 5.74) is 3.60. The molecule has 4 heteroatoms. The highest BCUT2D eigenvalue weighted by molar-refractivity contribution is 5.72. The van der Waals surface area contributed by atoms with E-state index in [9.17, 15) is 4.79 Å². The summed E-state index contributed by atoms with van der Waals surface area (Å²) in [7, 11) is 2.31. The highest BCUT2D eigenvalue weighted by Gasteiger charge is 2.60. The molecule has 160 valence electrons. The number of hydrogen-bond donors (Lipinski definition) is 0. The fraction of sp³-hybridized carbons (Fsp3) is 0.720. The highest BCUT2D eigenvalue weighted by Crippen LogP contribution is 2.62. The Morgan fingerprint density at radius 1 is 1.21 bits per heavy atom. The maximum Gasteiger partial charge on any atom is 0.311 e. The van der Waals surface area contributed by atoms with Crippen molar-refractivity contribution in [3.63, 3.8) is 0 Å². The van der Waals surface area contributed by atoms with E-state index in [1.807, 2.05) is 13.8 Å². The number of piperidine rings is 1. The van der Waals surface area contributed by atoms with Gasteiger partial charge in [-0.2, -0.15) is 0 Å². The first-order valence-electron chi connectivity index (χ1n) is 11.6. The molecule has 0 unspecified atom stereocenters. The molecule has 4 nitrogen and oxygen atoms in total. The third-order valence-electron chi connectivity index (χ3n) is 8.56. The van der Waals surface area contributed by atoms with Crippen LogP contribution in [0.15, 0.2) is 18.2 Å². The number of carbonyl (C=O) groups is 1. The minimum atomic E-state index is -0.149. The average molecular weight is 400 g/mol. The Bertz CT molecular complexity index is 758. The van der Waals surface area contributed by atoms with E-state index >= 15 is 0 Å². The van der Waals surface area contributed by atoms with Gasteiger partial charge in [0.15, 0.2) is 0 Å². The van der Waals surface area contributed by atoms with Gasteiger partial charge in [-0.3, -0.25) is 4.79 Å². The molecular formula is C25H37NO3. The van der Waals surface area contributed by atoms with Crippen molar-refractivity contribution in [3.8, 4) is 5.75 Å². The second-order valence-electron chi connectivity index (χ2n) is 9.72. The number of ether oxygens (including phenoxy) is 2. The second-order valence-corrected chi connectivity index (χ2v) is 9.72. The van der Waals surface area contributed by atoms with Gasteiger partial charge >= 0.3 is 5.97 Å². The number of rotatable bonds is 6. The molecule has 0 N–H and O–H groups in total. The van der Waals surface area contributed by atoms with E-state index in [-0.39, 0.29) is 24.1 Å². The average Bonchev–Trinajstić information content (AvgIpc) is 2.71. The first-order chi connectivity index (χ1) is 13.9. The minimum Gasteiger partial charge on any atom is -0.457 e. The number of likely N-dealkylation sites (tertiary alicyclic amines) is 1. The van der Waals surface area contributed by atoms with Gasteiger partial charge in [0.05, 0.1) is 5.92 Å². The van der Waals surface area contributed by atoms with Gasteiger partial charge in [-0.25, -0.2) is 0 Å². The van der Waals surface area contributed by atoms with Gasteiger partial charge in [-0.1, -0.05) is 39.7 Å². The fourth-order valence-electron chi connectivity index (χ4n) is 6.68. The first kappa shape index (κ1) is 20.7. The van der Waals surface area contributed by atoms with Crippen LogP contribution in [0.4, 0.5) is 0 Å². The molecule has 29 heavy (non-hydrogen) atoms. The minimum absolute atomic E-state index is 0.00372. The van der Waals surface area contributed by atoms with Crippen molar-refractivity contribution in [1.29, 1.82) is 0 Å². The van der Waals surface area contributed by atoms with E-state index < -0.39 is 0 Å². The van der Waals surface area contributed by atoms with Gasteiger partial charge in [0.2, 0.25) is 6.79 Å². The number of likely N-dealkylation sites (N-methyl/N-ethyl adjacent to an activating group) is 1. The van der Waals surface area contributed by atoms with Crippen LogP contribution in [0.5, 0.6) is 5.75 Å². The summed E-state index contributed by atoms with van der Waals surface area (Å²) in [5.74, 6) is 0.658. The van der Waals surface area contributed by atoms with Gasteiger partial charge in [0.1, 0.15) is 5.75 Å². The summed E-state index contributed by atoms with van der Waals surface area (Å²) in [4.78, 5) is 14.7. The number of esters is 1. The third kappa shape index (κ3) is 3.28. The molecule has 3 aliphatic rings. The SMILES string of the molecule is CCC(CC)C(=O)OCOc1ccc2c(c1)[C@]13CCCC[C@]1(C)[C@H](C2)N(C)CC3. The Morgan fingerprint density at radius 3 is 2.72 bits per heavy atom. The molecule has 1 aromatic rings. The van der Waals surface area contributed by atoms with Crippen LogP contribution in [0.3, 0.4) is 0 Å². The van der Waals surface area contributed by atoms with E-state index in [2.05, 4.69) is 37.1 Å². The Morgan fingerprint density at radius 2 is 1.97 bits per heavy atom. The quantitative estimate of drug-likeness (QED) is 0.494. The fourth-order valence-corrected chi connectivity index (χ4v) is 6.68. The molecule has 1 aromatic carbocycles. The predicted molar refractivity (Wildman–Crippen MR) is 115 cm³/mol. The lowest BCUT2D eigenvalue weighted by Crippen LogP contribution is -2.66. The molecule has 4 rings (SSSR count). The van der Waals surface area contributed by atoms with Crippen LogP contribution in [-0.4, -0.2) is 37.3 Å². The monoisotopic (exact) mass is 399 g/mol. The van der Waals surface area contributed by atoms with E-state index in [1.165, 1.54) is 49.8 Å². The van der Waals surface area contributed by atoms with Crippen LogP contribution in [-0.2, 0) is 21.4 Å². The number of carbonyl (C=O) groups excluding carboxylic acids is 1. The van der Waals surface area contributed by atoms with Gasteiger partial charge in [-0.15, -0.1) is 0 Å². The number of hydrogen-bond acceptors (Lipinski definition) is 4. The van der Waals surface area contributed by atoms with Gasteiger partial charge in [0.25, 0.3) is 0 Å². The van der Waals surface area contributed by atoms with Crippen LogP contribution in [0, 0.1) is 11.3 Å². The van der Waals surface area contributed by atoms with Crippen LogP contribution in [0.1, 0.15) is 76.8 Å². The zero-order valence-corrected chi connectivity index (χ0v) is 18.6. The largest absolute Gasteiger partial charge is 0.457 e. The molecule has 2 fully saturated rings. The summed E-state index contributed by atoms with van der Waals surface area (Å²) in [5, 5.41) is 0. The van der Waals surface area contributed by atoms with Crippen molar-refractivity contribution in [3.05, 3.63) is 29.3 Å². The number of fused-ring (bicyclic) bond motifs is 1. The summed E-state index contributed by atoms with van der Waals surface area (Å²) in [6, 6.07) is 7.22. The molecule has 0 amide bonds. The third-order valence-corrected chi connectivity index (χ3v) is 8.56. The smallest absolute Gasteiger partial charge is 0.311 e. The van der Waals surface area contributed by atoms with Crippen LogP contribution >= 0.6 is 0 Å². The molecule has 0 aromatic heterocycles. The number of benzene rings is 1. The van der Waals surface area contributed by atoms with Crippen LogP contribution < -0.4 is 4.74 Å². The van der Waals surface area contributed by atoms with Gasteiger partial charge in [-0.05, 0) is 80.8 Å². The molecule has 1 heterocycles. The van der Waals surface area contributed by atoms with Crippen LogP contribution in [0.25, 0.3) is 0 Å². The second kappa shape index (κ2) is 7.94. The zero-order chi connectivity index (χ0) is 20.6. The van der Waals surface area contributed by atoms with Crippen molar-refractivity contribution in [1.82, 2.24) is 4.90 Å². The molecule has 1 saturated heterocycles. The molecule has 3 atom stereocenters. The molecule has 0 spiro atoms. The Labute approximate surface area is 175 Å². The van der Waals surface area contributed by atoms with Crippen molar-refractivity contribution in [2.45, 2.75) is 83.6 Å². The standard InChI is InChI=1S/C25H37NO3/c1-5-18(6-2)23(27)29-17-28-20-10-9-19-15-22-24(3)11-7-8-12-25(24,21(19)16-20)13-14-26(22)4/h9-10,16,18,22H,5-8,11-15,17H2,1-4H3/t22-,24+,25+/m0/s1. The van der Waals surface area contributed by atoms with Crippen molar-refractivity contribution in [2.75, 3.05) is 20.4 Å². The van der Waals surface area contributed by atoms with E-state index in [4.69, 9.17) is 9.47 Å². The van der Waals surface area contributed by atoms with Crippen molar-refractivity contribution in [2.24, 2.45) is 11.3 Å². The summed E-state index contributed by atoms with van der Waals surface area (Å²) in [6.45, 7) is 7.77. The Balaban J connectivity index is 1.56. The first-order valence-corrected chi connectivity index (χ1v) is 11.6. The molecule has 1 aliphatic heterocycles. The lowest BCUT2D eigenvalue weighted by Gasteiger charge is -2.65. The Kier molecular flexibility index (Phi) is 5.67. The Hall–Kier alpha value is -1.55. The topological polar surface area (TPSA) is 38.8 Å².